The molecule has 160 valence electrons. The van der Waals surface area contributed by atoms with Gasteiger partial charge in [-0.15, -0.1) is 0 Å². The third kappa shape index (κ3) is 5.80. The fourth-order valence-electron chi connectivity index (χ4n) is 5.34. The molecule has 29 heavy (non-hydrogen) atoms. The number of amides is 1. The van der Waals surface area contributed by atoms with Gasteiger partial charge in [-0.1, -0.05) is 30.3 Å². The van der Waals surface area contributed by atoms with E-state index in [1.165, 1.54) is 31.2 Å². The zero-order valence-electron chi connectivity index (χ0n) is 17.8. The Balaban J connectivity index is 1.13. The van der Waals surface area contributed by atoms with E-state index in [-0.39, 0.29) is 0 Å². The minimum atomic E-state index is 0.326. The molecule has 3 saturated heterocycles. The SMILES string of the molecule is O=C(CCCN1CCC(OCc2ccccc2)C1)N1CCCC2(CCCNC2)C1. The highest BCUT2D eigenvalue weighted by atomic mass is 16.5. The van der Waals surface area contributed by atoms with Gasteiger partial charge in [0, 0.05) is 44.6 Å². The molecule has 3 aliphatic heterocycles. The first-order valence-electron chi connectivity index (χ1n) is 11.6. The lowest BCUT2D eigenvalue weighted by atomic mass is 9.74. The first kappa shape index (κ1) is 20.8. The summed E-state index contributed by atoms with van der Waals surface area (Å²) in [6.45, 7) is 7.96. The van der Waals surface area contributed by atoms with E-state index in [0.29, 0.717) is 30.5 Å². The molecule has 1 aromatic rings. The third-order valence-corrected chi connectivity index (χ3v) is 7.00. The first-order valence-corrected chi connectivity index (χ1v) is 11.6. The van der Waals surface area contributed by atoms with Gasteiger partial charge >= 0.3 is 0 Å². The lowest BCUT2D eigenvalue weighted by molar-refractivity contribution is -0.135. The van der Waals surface area contributed by atoms with Gasteiger partial charge in [-0.3, -0.25) is 4.79 Å². The van der Waals surface area contributed by atoms with E-state index >= 15 is 0 Å². The molecule has 0 aromatic heterocycles. The second kappa shape index (κ2) is 10.1. The Kier molecular flexibility index (Phi) is 7.22. The molecular weight excluding hydrogens is 362 g/mol. The molecule has 5 heteroatoms. The highest BCUT2D eigenvalue weighted by molar-refractivity contribution is 5.76. The second-order valence-corrected chi connectivity index (χ2v) is 9.31. The summed E-state index contributed by atoms with van der Waals surface area (Å²) < 4.78 is 6.08. The molecule has 3 aliphatic rings. The van der Waals surface area contributed by atoms with Crippen LogP contribution in [0.4, 0.5) is 0 Å². The van der Waals surface area contributed by atoms with Crippen molar-refractivity contribution < 1.29 is 9.53 Å². The minimum Gasteiger partial charge on any atom is -0.372 e. The van der Waals surface area contributed by atoms with Gasteiger partial charge in [0.25, 0.3) is 0 Å². The van der Waals surface area contributed by atoms with Crippen LogP contribution in [0.15, 0.2) is 30.3 Å². The molecule has 1 N–H and O–H groups in total. The first-order chi connectivity index (χ1) is 14.2. The lowest BCUT2D eigenvalue weighted by Gasteiger charge is -2.45. The summed E-state index contributed by atoms with van der Waals surface area (Å²) in [5, 5.41) is 3.55. The summed E-state index contributed by atoms with van der Waals surface area (Å²) in [6, 6.07) is 10.4. The normalized spacial score (nSPS) is 28.1. The van der Waals surface area contributed by atoms with Crippen molar-refractivity contribution in [2.24, 2.45) is 5.41 Å². The number of nitrogens with zero attached hydrogens (tertiary/aromatic N) is 2. The quantitative estimate of drug-likeness (QED) is 0.765. The Morgan fingerprint density at radius 1 is 1.17 bits per heavy atom. The van der Waals surface area contributed by atoms with Crippen molar-refractivity contribution in [1.82, 2.24) is 15.1 Å². The minimum absolute atomic E-state index is 0.326. The predicted molar refractivity (Wildman–Crippen MR) is 116 cm³/mol. The van der Waals surface area contributed by atoms with Gasteiger partial charge in [0.2, 0.25) is 5.91 Å². The number of piperidine rings is 2. The van der Waals surface area contributed by atoms with E-state index < -0.39 is 0 Å². The van der Waals surface area contributed by atoms with E-state index in [1.54, 1.807) is 0 Å². The molecule has 3 heterocycles. The van der Waals surface area contributed by atoms with Crippen molar-refractivity contribution in [3.8, 4) is 0 Å². The largest absolute Gasteiger partial charge is 0.372 e. The Labute approximate surface area is 175 Å². The van der Waals surface area contributed by atoms with Gasteiger partial charge < -0.3 is 19.9 Å². The highest BCUT2D eigenvalue weighted by Gasteiger charge is 2.37. The van der Waals surface area contributed by atoms with Gasteiger partial charge in [-0.05, 0) is 57.2 Å². The Morgan fingerprint density at radius 2 is 2.03 bits per heavy atom. The molecule has 3 fully saturated rings. The van der Waals surface area contributed by atoms with Crippen LogP contribution in [0.2, 0.25) is 0 Å². The van der Waals surface area contributed by atoms with Crippen molar-refractivity contribution in [2.75, 3.05) is 45.8 Å². The summed E-state index contributed by atoms with van der Waals surface area (Å²) in [5.41, 5.74) is 1.59. The van der Waals surface area contributed by atoms with Crippen LogP contribution in [-0.2, 0) is 16.1 Å². The van der Waals surface area contributed by atoms with Crippen molar-refractivity contribution in [1.29, 1.82) is 0 Å². The Hall–Kier alpha value is -1.43. The number of benzene rings is 1. The van der Waals surface area contributed by atoms with Crippen LogP contribution in [0, 0.1) is 5.41 Å². The predicted octanol–water partition coefficient (Wildman–Crippen LogP) is 3.05. The van der Waals surface area contributed by atoms with Crippen LogP contribution >= 0.6 is 0 Å². The maximum atomic E-state index is 12.8. The van der Waals surface area contributed by atoms with Crippen LogP contribution < -0.4 is 5.32 Å². The number of hydrogen-bond acceptors (Lipinski definition) is 4. The summed E-state index contributed by atoms with van der Waals surface area (Å²) >= 11 is 0. The summed E-state index contributed by atoms with van der Waals surface area (Å²) in [7, 11) is 0. The standard InChI is InChI=1S/C24H37N3O2/c28-23(27-15-6-12-24(20-27)11-5-13-25-19-24)9-4-14-26-16-10-22(17-26)29-18-21-7-2-1-3-8-21/h1-3,7-8,22,25H,4-6,9-20H2. The van der Waals surface area contributed by atoms with E-state index in [0.717, 1.165) is 58.7 Å². The summed E-state index contributed by atoms with van der Waals surface area (Å²) in [5.74, 6) is 0.366. The third-order valence-electron chi connectivity index (χ3n) is 7.00. The van der Waals surface area contributed by atoms with Crippen LogP contribution in [0.5, 0.6) is 0 Å². The number of hydrogen-bond donors (Lipinski definition) is 1. The zero-order valence-corrected chi connectivity index (χ0v) is 17.8. The van der Waals surface area contributed by atoms with E-state index in [2.05, 4.69) is 39.4 Å². The molecule has 0 aliphatic carbocycles. The van der Waals surface area contributed by atoms with Crippen LogP contribution in [-0.4, -0.2) is 67.6 Å². The molecule has 0 radical (unpaired) electrons. The average molecular weight is 400 g/mol. The van der Waals surface area contributed by atoms with Gasteiger partial charge in [-0.25, -0.2) is 0 Å². The molecule has 1 aromatic carbocycles. The lowest BCUT2D eigenvalue weighted by Crippen LogP contribution is -2.52. The molecule has 0 bridgehead atoms. The monoisotopic (exact) mass is 399 g/mol. The number of nitrogens with one attached hydrogen (secondary N) is 1. The molecule has 4 rings (SSSR count). The fourth-order valence-corrected chi connectivity index (χ4v) is 5.34. The molecular formula is C24H37N3O2. The fraction of sp³-hybridized carbons (Fsp3) is 0.708. The van der Waals surface area contributed by atoms with Gasteiger partial charge in [0.15, 0.2) is 0 Å². The average Bonchev–Trinajstić information content (AvgIpc) is 3.21. The van der Waals surface area contributed by atoms with Crippen molar-refractivity contribution >= 4 is 5.91 Å². The maximum absolute atomic E-state index is 12.8. The van der Waals surface area contributed by atoms with Crippen LogP contribution in [0.1, 0.15) is 50.5 Å². The van der Waals surface area contributed by atoms with Crippen molar-refractivity contribution in [3.05, 3.63) is 35.9 Å². The van der Waals surface area contributed by atoms with Crippen molar-refractivity contribution in [2.45, 2.75) is 57.7 Å². The van der Waals surface area contributed by atoms with E-state index in [4.69, 9.17) is 4.74 Å². The smallest absolute Gasteiger partial charge is 0.222 e. The number of carbonyl (C=O) groups is 1. The zero-order chi connectivity index (χ0) is 19.9. The Bertz CT molecular complexity index is 639. The van der Waals surface area contributed by atoms with Crippen molar-refractivity contribution in [3.63, 3.8) is 0 Å². The topological polar surface area (TPSA) is 44.8 Å². The van der Waals surface area contributed by atoms with Gasteiger partial charge in [0.05, 0.1) is 12.7 Å². The Morgan fingerprint density at radius 3 is 2.86 bits per heavy atom. The molecule has 2 unspecified atom stereocenters. The molecule has 0 saturated carbocycles. The number of carbonyl (C=O) groups excluding carboxylic acids is 1. The number of likely N-dealkylation sites (tertiary alicyclic amines) is 2. The second-order valence-electron chi connectivity index (χ2n) is 9.31. The van der Waals surface area contributed by atoms with Crippen LogP contribution in [0.3, 0.4) is 0 Å². The number of rotatable bonds is 7. The van der Waals surface area contributed by atoms with E-state index in [9.17, 15) is 4.79 Å². The number of ether oxygens (including phenoxy) is 1. The van der Waals surface area contributed by atoms with Gasteiger partial charge in [0.1, 0.15) is 0 Å². The molecule has 2 atom stereocenters. The highest BCUT2D eigenvalue weighted by Crippen LogP contribution is 2.36. The summed E-state index contributed by atoms with van der Waals surface area (Å²) in [4.78, 5) is 17.4. The molecule has 5 nitrogen and oxygen atoms in total. The maximum Gasteiger partial charge on any atom is 0.222 e. The van der Waals surface area contributed by atoms with Gasteiger partial charge in [-0.2, -0.15) is 0 Å². The molecule has 1 amide bonds. The molecule has 1 spiro atoms. The summed E-state index contributed by atoms with van der Waals surface area (Å²) in [6.07, 6.45) is 8.06. The van der Waals surface area contributed by atoms with E-state index in [1.807, 2.05) is 6.07 Å². The van der Waals surface area contributed by atoms with Crippen LogP contribution in [0.25, 0.3) is 0 Å².